The van der Waals surface area contributed by atoms with Crippen LogP contribution in [0.25, 0.3) is 0 Å². The van der Waals surface area contributed by atoms with E-state index in [9.17, 15) is 4.79 Å². The second-order valence-electron chi connectivity index (χ2n) is 6.64. The second kappa shape index (κ2) is 7.14. The largest absolute Gasteiger partial charge is 0.465 e. The normalized spacial score (nSPS) is 22.7. The number of nitrogens with zero attached hydrogens (tertiary/aromatic N) is 2. The lowest BCUT2D eigenvalue weighted by molar-refractivity contribution is -0.140. The lowest BCUT2D eigenvalue weighted by atomic mass is 9.73. The van der Waals surface area contributed by atoms with Gasteiger partial charge < -0.3 is 14.4 Å². The Hall–Kier alpha value is -1.92. The zero-order valence-electron chi connectivity index (χ0n) is 14.1. The summed E-state index contributed by atoms with van der Waals surface area (Å²) < 4.78 is 11.5. The van der Waals surface area contributed by atoms with Gasteiger partial charge in [-0.25, -0.2) is 4.98 Å². The number of likely N-dealkylation sites (tertiary alicyclic amines) is 1. The Kier molecular flexibility index (Phi) is 4.72. The topological polar surface area (TPSA) is 51.7 Å². The van der Waals surface area contributed by atoms with E-state index < -0.39 is 5.41 Å². The summed E-state index contributed by atoms with van der Waals surface area (Å²) in [6.07, 6.45) is 4.11. The van der Waals surface area contributed by atoms with Crippen LogP contribution in [-0.2, 0) is 14.9 Å². The van der Waals surface area contributed by atoms with Crippen LogP contribution in [-0.4, -0.2) is 48.2 Å². The molecule has 0 saturated carbocycles. The van der Waals surface area contributed by atoms with Crippen LogP contribution in [0.5, 0.6) is 5.19 Å². The average molecular weight is 358 g/mol. The van der Waals surface area contributed by atoms with E-state index in [-0.39, 0.29) is 12.0 Å². The van der Waals surface area contributed by atoms with Gasteiger partial charge in [0, 0.05) is 37.8 Å². The first-order valence-corrected chi connectivity index (χ1v) is 9.65. The zero-order chi connectivity index (χ0) is 17.1. The lowest BCUT2D eigenvalue weighted by Gasteiger charge is -2.39. The molecule has 2 aliphatic heterocycles. The molecule has 1 aromatic heterocycles. The number of carbonyl (C=O) groups excluding carboxylic acids is 1. The molecular weight excluding hydrogens is 336 g/mol. The molecule has 3 heterocycles. The van der Waals surface area contributed by atoms with Gasteiger partial charge >= 0.3 is 0 Å². The Morgan fingerprint density at radius 2 is 2.08 bits per heavy atom. The number of hydrogen-bond acceptors (Lipinski definition) is 5. The molecular formula is C19H22N2O3S. The maximum absolute atomic E-state index is 13.5. The van der Waals surface area contributed by atoms with Crippen molar-refractivity contribution < 1.29 is 14.3 Å². The molecule has 2 fully saturated rings. The van der Waals surface area contributed by atoms with Crippen molar-refractivity contribution in [3.05, 3.63) is 47.5 Å². The molecule has 1 unspecified atom stereocenters. The first-order chi connectivity index (χ1) is 12.3. The highest BCUT2D eigenvalue weighted by Gasteiger charge is 2.45. The van der Waals surface area contributed by atoms with Gasteiger partial charge in [0.25, 0.3) is 5.19 Å². The van der Waals surface area contributed by atoms with Crippen molar-refractivity contribution >= 4 is 17.2 Å². The number of hydrogen-bond donors (Lipinski definition) is 0. The highest BCUT2D eigenvalue weighted by molar-refractivity contribution is 7.11. The number of carbonyl (C=O) groups is 1. The number of thiazole rings is 1. The fraction of sp³-hybridized carbons (Fsp3) is 0.474. The second-order valence-corrected chi connectivity index (χ2v) is 7.50. The van der Waals surface area contributed by atoms with Crippen LogP contribution in [0.2, 0.25) is 0 Å². The van der Waals surface area contributed by atoms with Crippen molar-refractivity contribution in [2.45, 2.75) is 30.8 Å². The van der Waals surface area contributed by atoms with Crippen molar-refractivity contribution in [2.24, 2.45) is 0 Å². The molecule has 6 heteroatoms. The molecule has 0 radical (unpaired) electrons. The molecule has 0 spiro atoms. The molecule has 0 aliphatic carbocycles. The first-order valence-electron chi connectivity index (χ1n) is 8.77. The number of amides is 1. The summed E-state index contributed by atoms with van der Waals surface area (Å²) in [5.74, 6) is 0.215. The van der Waals surface area contributed by atoms with Gasteiger partial charge in [-0.3, -0.25) is 4.79 Å². The Balaban J connectivity index is 1.51. The molecule has 0 N–H and O–H groups in total. The van der Waals surface area contributed by atoms with E-state index in [4.69, 9.17) is 9.47 Å². The SMILES string of the molecule is O=C(N1CCC(Oc2nccs2)C1)C1(c2ccccc2)CCOCC1. The smallest absolute Gasteiger partial charge is 0.273 e. The predicted octanol–water partition coefficient (Wildman–Crippen LogP) is 2.87. The fourth-order valence-electron chi connectivity index (χ4n) is 3.83. The maximum Gasteiger partial charge on any atom is 0.273 e. The maximum atomic E-state index is 13.5. The van der Waals surface area contributed by atoms with Gasteiger partial charge in [0.15, 0.2) is 0 Å². The molecule has 5 nitrogen and oxygen atoms in total. The highest BCUT2D eigenvalue weighted by atomic mass is 32.1. The standard InChI is InChI=1S/C19H22N2O3S/c22-17(21-10-6-16(14-21)24-18-20-9-13-25-18)19(7-11-23-12-8-19)15-4-2-1-3-5-15/h1-5,9,13,16H,6-8,10-12,14H2. The Morgan fingerprint density at radius 3 is 2.80 bits per heavy atom. The highest BCUT2D eigenvalue weighted by Crippen LogP contribution is 2.37. The molecule has 1 atom stereocenters. The van der Waals surface area contributed by atoms with Crippen molar-refractivity contribution in [1.82, 2.24) is 9.88 Å². The first kappa shape index (κ1) is 16.5. The minimum Gasteiger partial charge on any atom is -0.465 e. The van der Waals surface area contributed by atoms with Gasteiger partial charge in [-0.1, -0.05) is 41.7 Å². The van der Waals surface area contributed by atoms with E-state index in [2.05, 4.69) is 17.1 Å². The van der Waals surface area contributed by atoms with Crippen molar-refractivity contribution in [3.63, 3.8) is 0 Å². The van der Waals surface area contributed by atoms with Crippen molar-refractivity contribution in [2.75, 3.05) is 26.3 Å². The summed E-state index contributed by atoms with van der Waals surface area (Å²) in [5.41, 5.74) is 0.642. The van der Waals surface area contributed by atoms with Crippen LogP contribution in [0.4, 0.5) is 0 Å². The molecule has 4 rings (SSSR count). The van der Waals surface area contributed by atoms with Crippen LogP contribution >= 0.6 is 11.3 Å². The van der Waals surface area contributed by atoms with E-state index in [0.717, 1.165) is 31.4 Å². The summed E-state index contributed by atoms with van der Waals surface area (Å²) in [5, 5.41) is 2.59. The van der Waals surface area contributed by atoms with Crippen molar-refractivity contribution in [3.8, 4) is 5.19 Å². The number of aromatic nitrogens is 1. The van der Waals surface area contributed by atoms with Crippen LogP contribution in [0.1, 0.15) is 24.8 Å². The molecule has 1 aromatic carbocycles. The van der Waals surface area contributed by atoms with Crippen molar-refractivity contribution in [1.29, 1.82) is 0 Å². The summed E-state index contributed by atoms with van der Waals surface area (Å²) in [4.78, 5) is 19.6. The fourth-order valence-corrected chi connectivity index (χ4v) is 4.38. The molecule has 2 aromatic rings. The Bertz CT molecular complexity index is 699. The van der Waals surface area contributed by atoms with E-state index in [0.29, 0.717) is 25.0 Å². The summed E-state index contributed by atoms with van der Waals surface area (Å²) in [6.45, 7) is 2.64. The van der Waals surface area contributed by atoms with Gasteiger partial charge in [0.2, 0.25) is 5.91 Å². The van der Waals surface area contributed by atoms with E-state index in [1.54, 1.807) is 6.20 Å². The minimum atomic E-state index is -0.463. The van der Waals surface area contributed by atoms with Crippen LogP contribution in [0.15, 0.2) is 41.9 Å². The molecule has 25 heavy (non-hydrogen) atoms. The van der Waals surface area contributed by atoms with Crippen LogP contribution in [0.3, 0.4) is 0 Å². The molecule has 0 bridgehead atoms. The van der Waals surface area contributed by atoms with Gasteiger partial charge in [0.05, 0.1) is 12.0 Å². The summed E-state index contributed by atoms with van der Waals surface area (Å²) >= 11 is 1.49. The van der Waals surface area contributed by atoms with Gasteiger partial charge in [-0.15, -0.1) is 0 Å². The number of benzene rings is 1. The van der Waals surface area contributed by atoms with Gasteiger partial charge in [-0.05, 0) is 18.4 Å². The summed E-state index contributed by atoms with van der Waals surface area (Å²) in [7, 11) is 0. The van der Waals surface area contributed by atoms with Crippen LogP contribution < -0.4 is 4.74 Å². The third kappa shape index (κ3) is 3.28. The monoisotopic (exact) mass is 358 g/mol. The molecule has 1 amide bonds. The lowest BCUT2D eigenvalue weighted by Crippen LogP contribution is -2.49. The Morgan fingerprint density at radius 1 is 1.28 bits per heavy atom. The van der Waals surface area contributed by atoms with Gasteiger partial charge in [-0.2, -0.15) is 0 Å². The quantitative estimate of drug-likeness (QED) is 0.843. The molecule has 2 aliphatic rings. The van der Waals surface area contributed by atoms with E-state index in [1.807, 2.05) is 28.5 Å². The molecule has 2 saturated heterocycles. The van der Waals surface area contributed by atoms with Gasteiger partial charge in [0.1, 0.15) is 6.10 Å². The third-order valence-corrected chi connectivity index (χ3v) is 5.85. The Labute approximate surface area is 151 Å². The molecule has 132 valence electrons. The number of rotatable bonds is 4. The predicted molar refractivity (Wildman–Crippen MR) is 95.9 cm³/mol. The third-order valence-electron chi connectivity index (χ3n) is 5.19. The van der Waals surface area contributed by atoms with E-state index >= 15 is 0 Å². The van der Waals surface area contributed by atoms with Crippen LogP contribution in [0, 0.1) is 0 Å². The average Bonchev–Trinajstić information content (AvgIpc) is 3.35. The number of ether oxygens (including phenoxy) is 2. The summed E-state index contributed by atoms with van der Waals surface area (Å²) in [6, 6.07) is 10.2. The van der Waals surface area contributed by atoms with E-state index in [1.165, 1.54) is 11.3 Å². The minimum absolute atomic E-state index is 0.0303. The zero-order valence-corrected chi connectivity index (χ0v) is 14.9.